The standard InChI is InChI=1S/C13H19BrN2S/c14-11-4-5-12(15)13(10-11)17-9-8-16-6-2-1-3-7-16/h4-5,10H,1-3,6-9,15H2. The fourth-order valence-corrected chi connectivity index (χ4v) is 3.63. The number of hydrogen-bond donors (Lipinski definition) is 1. The van der Waals surface area contributed by atoms with Crippen molar-refractivity contribution in [1.29, 1.82) is 0 Å². The maximum atomic E-state index is 5.95. The van der Waals surface area contributed by atoms with Crippen LogP contribution in [-0.2, 0) is 0 Å². The van der Waals surface area contributed by atoms with Crippen LogP contribution >= 0.6 is 27.7 Å². The summed E-state index contributed by atoms with van der Waals surface area (Å²) in [5.74, 6) is 1.13. The summed E-state index contributed by atoms with van der Waals surface area (Å²) in [5, 5.41) is 0. The van der Waals surface area contributed by atoms with Crippen molar-refractivity contribution in [3.05, 3.63) is 22.7 Å². The van der Waals surface area contributed by atoms with Crippen molar-refractivity contribution < 1.29 is 0 Å². The van der Waals surface area contributed by atoms with Gasteiger partial charge in [-0.1, -0.05) is 22.4 Å². The summed E-state index contributed by atoms with van der Waals surface area (Å²) in [5.41, 5.74) is 6.84. The molecule has 94 valence electrons. The maximum Gasteiger partial charge on any atom is 0.0453 e. The average Bonchev–Trinajstić information content (AvgIpc) is 2.35. The number of nitrogen functional groups attached to an aromatic ring is 1. The van der Waals surface area contributed by atoms with Gasteiger partial charge in [-0.3, -0.25) is 0 Å². The minimum atomic E-state index is 0.886. The molecule has 2 nitrogen and oxygen atoms in total. The van der Waals surface area contributed by atoms with E-state index in [1.54, 1.807) is 0 Å². The first-order valence-corrected chi connectivity index (χ1v) is 7.94. The minimum Gasteiger partial charge on any atom is -0.398 e. The third-order valence-electron chi connectivity index (χ3n) is 3.09. The van der Waals surface area contributed by atoms with E-state index < -0.39 is 0 Å². The topological polar surface area (TPSA) is 29.3 Å². The molecule has 0 aromatic heterocycles. The van der Waals surface area contributed by atoms with E-state index in [1.165, 1.54) is 43.8 Å². The van der Waals surface area contributed by atoms with Crippen LogP contribution in [0.15, 0.2) is 27.6 Å². The number of nitrogens with two attached hydrogens (primary N) is 1. The molecule has 0 saturated carbocycles. The molecule has 1 aromatic rings. The van der Waals surface area contributed by atoms with Crippen molar-refractivity contribution in [2.45, 2.75) is 24.2 Å². The van der Waals surface area contributed by atoms with Gasteiger partial charge >= 0.3 is 0 Å². The molecular formula is C13H19BrN2S. The zero-order valence-electron chi connectivity index (χ0n) is 9.99. The zero-order valence-corrected chi connectivity index (χ0v) is 12.4. The van der Waals surface area contributed by atoms with Gasteiger partial charge in [0, 0.05) is 27.4 Å². The van der Waals surface area contributed by atoms with E-state index in [2.05, 4.69) is 26.9 Å². The van der Waals surface area contributed by atoms with E-state index in [1.807, 2.05) is 23.9 Å². The fourth-order valence-electron chi connectivity index (χ4n) is 2.10. The van der Waals surface area contributed by atoms with E-state index in [0.29, 0.717) is 0 Å². The highest BCUT2D eigenvalue weighted by molar-refractivity contribution is 9.10. The Morgan fingerprint density at radius 1 is 1.24 bits per heavy atom. The van der Waals surface area contributed by atoms with Gasteiger partial charge in [0.25, 0.3) is 0 Å². The first kappa shape index (κ1) is 13.2. The molecule has 17 heavy (non-hydrogen) atoms. The molecule has 2 rings (SSSR count). The Labute approximate surface area is 116 Å². The van der Waals surface area contributed by atoms with Gasteiger partial charge in [-0.15, -0.1) is 11.8 Å². The predicted molar refractivity (Wildman–Crippen MR) is 79.6 cm³/mol. The van der Waals surface area contributed by atoms with Gasteiger partial charge in [0.15, 0.2) is 0 Å². The number of piperidine rings is 1. The number of likely N-dealkylation sites (tertiary alicyclic amines) is 1. The smallest absolute Gasteiger partial charge is 0.0453 e. The second-order valence-electron chi connectivity index (χ2n) is 4.43. The third-order valence-corrected chi connectivity index (χ3v) is 4.63. The van der Waals surface area contributed by atoms with Gasteiger partial charge in [0.1, 0.15) is 0 Å². The van der Waals surface area contributed by atoms with E-state index >= 15 is 0 Å². The molecule has 1 aliphatic heterocycles. The Hall–Kier alpha value is -0.190. The van der Waals surface area contributed by atoms with Gasteiger partial charge in [0.05, 0.1) is 0 Å². The molecule has 1 saturated heterocycles. The Bertz CT molecular complexity index is 364. The molecule has 0 radical (unpaired) electrons. The van der Waals surface area contributed by atoms with E-state index in [-0.39, 0.29) is 0 Å². The number of hydrogen-bond acceptors (Lipinski definition) is 3. The molecule has 0 bridgehead atoms. The highest BCUT2D eigenvalue weighted by Gasteiger charge is 2.09. The van der Waals surface area contributed by atoms with Crippen molar-refractivity contribution in [3.63, 3.8) is 0 Å². The van der Waals surface area contributed by atoms with E-state index in [4.69, 9.17) is 5.73 Å². The highest BCUT2D eigenvalue weighted by Crippen LogP contribution is 2.28. The Kier molecular flexibility index (Phi) is 5.19. The summed E-state index contributed by atoms with van der Waals surface area (Å²) in [6.07, 6.45) is 4.13. The lowest BCUT2D eigenvalue weighted by Crippen LogP contribution is -2.31. The minimum absolute atomic E-state index is 0.886. The van der Waals surface area contributed by atoms with Crippen LogP contribution in [0.4, 0.5) is 5.69 Å². The molecule has 0 spiro atoms. The van der Waals surface area contributed by atoms with Crippen LogP contribution in [0.5, 0.6) is 0 Å². The molecule has 0 atom stereocenters. The first-order valence-electron chi connectivity index (χ1n) is 6.16. The average molecular weight is 315 g/mol. The fraction of sp³-hybridized carbons (Fsp3) is 0.538. The molecule has 1 aliphatic rings. The van der Waals surface area contributed by atoms with Crippen molar-refractivity contribution >= 4 is 33.4 Å². The molecule has 1 heterocycles. The second-order valence-corrected chi connectivity index (χ2v) is 6.49. The first-order chi connectivity index (χ1) is 8.25. The summed E-state index contributed by atoms with van der Waals surface area (Å²) in [6, 6.07) is 6.06. The Morgan fingerprint density at radius 3 is 2.76 bits per heavy atom. The van der Waals surface area contributed by atoms with Crippen LogP contribution in [0.25, 0.3) is 0 Å². The van der Waals surface area contributed by atoms with E-state index in [0.717, 1.165) is 15.9 Å². The van der Waals surface area contributed by atoms with Crippen molar-refractivity contribution in [2.24, 2.45) is 0 Å². The van der Waals surface area contributed by atoms with Gasteiger partial charge in [-0.05, 0) is 44.1 Å². The number of rotatable bonds is 4. The molecule has 4 heteroatoms. The summed E-state index contributed by atoms with van der Waals surface area (Å²) >= 11 is 5.34. The number of thioether (sulfide) groups is 1. The van der Waals surface area contributed by atoms with Crippen molar-refractivity contribution in [2.75, 3.05) is 31.1 Å². The van der Waals surface area contributed by atoms with Gasteiger partial charge in [-0.2, -0.15) is 0 Å². The quantitative estimate of drug-likeness (QED) is 0.680. The van der Waals surface area contributed by atoms with Gasteiger partial charge in [-0.25, -0.2) is 0 Å². The summed E-state index contributed by atoms with van der Waals surface area (Å²) in [7, 11) is 0. The summed E-state index contributed by atoms with van der Waals surface area (Å²) in [4.78, 5) is 3.75. The van der Waals surface area contributed by atoms with Gasteiger partial charge in [0.2, 0.25) is 0 Å². The van der Waals surface area contributed by atoms with Crippen LogP contribution in [0.1, 0.15) is 19.3 Å². The lowest BCUT2D eigenvalue weighted by atomic mass is 10.1. The number of anilines is 1. The largest absolute Gasteiger partial charge is 0.398 e. The number of benzene rings is 1. The van der Waals surface area contributed by atoms with Gasteiger partial charge < -0.3 is 10.6 Å². The van der Waals surface area contributed by atoms with Crippen molar-refractivity contribution in [3.8, 4) is 0 Å². The lowest BCUT2D eigenvalue weighted by Gasteiger charge is -2.26. The molecule has 0 unspecified atom stereocenters. The van der Waals surface area contributed by atoms with Crippen LogP contribution in [0, 0.1) is 0 Å². The van der Waals surface area contributed by atoms with Crippen LogP contribution in [0.2, 0.25) is 0 Å². The molecule has 0 aliphatic carbocycles. The van der Waals surface area contributed by atoms with Crippen LogP contribution < -0.4 is 5.73 Å². The zero-order chi connectivity index (χ0) is 12.1. The third kappa shape index (κ3) is 4.19. The van der Waals surface area contributed by atoms with Crippen molar-refractivity contribution in [1.82, 2.24) is 4.90 Å². The molecule has 1 aromatic carbocycles. The SMILES string of the molecule is Nc1ccc(Br)cc1SCCN1CCCCC1. The monoisotopic (exact) mass is 314 g/mol. The molecule has 2 N–H and O–H groups in total. The number of halogens is 1. The molecule has 0 amide bonds. The molecule has 1 fully saturated rings. The van der Waals surface area contributed by atoms with Crippen LogP contribution in [-0.4, -0.2) is 30.3 Å². The maximum absolute atomic E-state index is 5.95. The molecular weight excluding hydrogens is 296 g/mol. The summed E-state index contributed by atoms with van der Waals surface area (Å²) < 4.78 is 1.10. The second kappa shape index (κ2) is 6.66. The van der Waals surface area contributed by atoms with E-state index in [9.17, 15) is 0 Å². The summed E-state index contributed by atoms with van der Waals surface area (Å²) in [6.45, 7) is 3.72. The normalized spacial score (nSPS) is 17.2. The van der Waals surface area contributed by atoms with Crippen LogP contribution in [0.3, 0.4) is 0 Å². The number of nitrogens with zero attached hydrogens (tertiary/aromatic N) is 1. The lowest BCUT2D eigenvalue weighted by molar-refractivity contribution is 0.242. The highest BCUT2D eigenvalue weighted by atomic mass is 79.9. The Balaban J connectivity index is 1.79. The Morgan fingerprint density at radius 2 is 2.00 bits per heavy atom. The predicted octanol–water partition coefficient (Wildman–Crippen LogP) is 3.61.